The van der Waals surface area contributed by atoms with Gasteiger partial charge in [0.25, 0.3) is 0 Å². The molecular formula is C14H27NS. The zero-order chi connectivity index (χ0) is 11.4. The fraction of sp³-hybridized carbons (Fsp3) is 1.00. The molecule has 0 aromatic heterocycles. The summed E-state index contributed by atoms with van der Waals surface area (Å²) in [5.74, 6) is 3.59. The SMILES string of the molecule is CC(C)CC1(CNC2CCCSC2)CCC1. The zero-order valence-electron chi connectivity index (χ0n) is 10.9. The molecular weight excluding hydrogens is 214 g/mol. The first kappa shape index (κ1) is 12.8. The summed E-state index contributed by atoms with van der Waals surface area (Å²) < 4.78 is 0. The maximum Gasteiger partial charge on any atom is 0.0158 e. The normalized spacial score (nSPS) is 29.1. The monoisotopic (exact) mass is 241 g/mol. The lowest BCUT2D eigenvalue weighted by Crippen LogP contribution is -2.45. The van der Waals surface area contributed by atoms with E-state index in [0.29, 0.717) is 5.41 Å². The van der Waals surface area contributed by atoms with Crippen LogP contribution in [0.15, 0.2) is 0 Å². The van der Waals surface area contributed by atoms with Crippen LogP contribution in [0, 0.1) is 11.3 Å². The van der Waals surface area contributed by atoms with Crippen LogP contribution in [0.25, 0.3) is 0 Å². The molecule has 1 aliphatic carbocycles. The number of hydrogen-bond acceptors (Lipinski definition) is 2. The van der Waals surface area contributed by atoms with Crippen molar-refractivity contribution in [2.75, 3.05) is 18.1 Å². The Morgan fingerprint density at radius 1 is 1.31 bits per heavy atom. The smallest absolute Gasteiger partial charge is 0.0158 e. The van der Waals surface area contributed by atoms with Gasteiger partial charge in [0.15, 0.2) is 0 Å². The van der Waals surface area contributed by atoms with Crippen LogP contribution in [0.1, 0.15) is 52.4 Å². The van der Waals surface area contributed by atoms with Gasteiger partial charge in [-0.3, -0.25) is 0 Å². The van der Waals surface area contributed by atoms with Gasteiger partial charge in [-0.15, -0.1) is 0 Å². The highest BCUT2D eigenvalue weighted by Crippen LogP contribution is 2.45. The first-order chi connectivity index (χ1) is 7.70. The lowest BCUT2D eigenvalue weighted by molar-refractivity contribution is 0.0944. The molecule has 0 aromatic carbocycles. The predicted molar refractivity (Wildman–Crippen MR) is 74.1 cm³/mol. The van der Waals surface area contributed by atoms with E-state index in [2.05, 4.69) is 30.9 Å². The van der Waals surface area contributed by atoms with Crippen molar-refractivity contribution in [3.63, 3.8) is 0 Å². The van der Waals surface area contributed by atoms with Gasteiger partial charge < -0.3 is 5.32 Å². The molecule has 1 aliphatic heterocycles. The molecule has 2 aliphatic rings. The summed E-state index contributed by atoms with van der Waals surface area (Å²) in [6, 6.07) is 0.809. The van der Waals surface area contributed by atoms with E-state index in [4.69, 9.17) is 0 Å². The van der Waals surface area contributed by atoms with Crippen molar-refractivity contribution in [2.24, 2.45) is 11.3 Å². The molecule has 2 rings (SSSR count). The maximum atomic E-state index is 3.85. The lowest BCUT2D eigenvalue weighted by atomic mass is 9.64. The highest BCUT2D eigenvalue weighted by molar-refractivity contribution is 7.99. The van der Waals surface area contributed by atoms with E-state index in [1.54, 1.807) is 0 Å². The Morgan fingerprint density at radius 2 is 2.12 bits per heavy atom. The van der Waals surface area contributed by atoms with E-state index < -0.39 is 0 Å². The average Bonchev–Trinajstić information content (AvgIpc) is 2.23. The largest absolute Gasteiger partial charge is 0.313 e. The Bertz CT molecular complexity index is 205. The first-order valence-corrected chi connectivity index (χ1v) is 8.17. The Balaban J connectivity index is 1.73. The summed E-state index contributed by atoms with van der Waals surface area (Å²) in [5.41, 5.74) is 0.677. The second-order valence-electron chi connectivity index (χ2n) is 6.25. The highest BCUT2D eigenvalue weighted by Gasteiger charge is 2.37. The summed E-state index contributed by atoms with van der Waals surface area (Å²) in [4.78, 5) is 0. The van der Waals surface area contributed by atoms with E-state index in [-0.39, 0.29) is 0 Å². The molecule has 16 heavy (non-hydrogen) atoms. The minimum atomic E-state index is 0.677. The molecule has 1 N–H and O–H groups in total. The molecule has 1 nitrogen and oxygen atoms in total. The topological polar surface area (TPSA) is 12.0 Å². The number of nitrogens with one attached hydrogen (secondary N) is 1. The summed E-state index contributed by atoms with van der Waals surface area (Å²) in [6.45, 7) is 6.03. The van der Waals surface area contributed by atoms with E-state index in [1.165, 1.54) is 56.6 Å². The summed E-state index contributed by atoms with van der Waals surface area (Å²) in [7, 11) is 0. The molecule has 1 saturated heterocycles. The van der Waals surface area contributed by atoms with Crippen molar-refractivity contribution in [1.82, 2.24) is 5.32 Å². The van der Waals surface area contributed by atoms with Crippen molar-refractivity contribution in [1.29, 1.82) is 0 Å². The second-order valence-corrected chi connectivity index (χ2v) is 7.40. The zero-order valence-corrected chi connectivity index (χ0v) is 11.7. The molecule has 0 aromatic rings. The van der Waals surface area contributed by atoms with Gasteiger partial charge in [0, 0.05) is 18.3 Å². The Labute approximate surface area is 105 Å². The first-order valence-electron chi connectivity index (χ1n) is 7.01. The Morgan fingerprint density at radius 3 is 2.62 bits per heavy atom. The molecule has 94 valence electrons. The van der Waals surface area contributed by atoms with Crippen LogP contribution in [-0.4, -0.2) is 24.1 Å². The average molecular weight is 241 g/mol. The molecule has 1 saturated carbocycles. The molecule has 1 heterocycles. The van der Waals surface area contributed by atoms with Crippen LogP contribution >= 0.6 is 11.8 Å². The minimum Gasteiger partial charge on any atom is -0.313 e. The fourth-order valence-electron chi connectivity index (χ4n) is 3.26. The fourth-order valence-corrected chi connectivity index (χ4v) is 4.36. The molecule has 0 spiro atoms. The van der Waals surface area contributed by atoms with E-state index in [1.807, 2.05) is 0 Å². The summed E-state index contributed by atoms with van der Waals surface area (Å²) in [5, 5.41) is 3.85. The summed E-state index contributed by atoms with van der Waals surface area (Å²) >= 11 is 2.13. The third kappa shape index (κ3) is 3.40. The van der Waals surface area contributed by atoms with Crippen molar-refractivity contribution in [3.8, 4) is 0 Å². The molecule has 0 radical (unpaired) electrons. The number of hydrogen-bond donors (Lipinski definition) is 1. The van der Waals surface area contributed by atoms with Gasteiger partial charge in [-0.25, -0.2) is 0 Å². The van der Waals surface area contributed by atoms with Gasteiger partial charge in [0.1, 0.15) is 0 Å². The standard InChI is InChI=1S/C14H27NS/c1-12(2)9-14(6-4-7-14)11-15-13-5-3-8-16-10-13/h12-13,15H,3-11H2,1-2H3. The van der Waals surface area contributed by atoms with Gasteiger partial charge in [0.05, 0.1) is 0 Å². The van der Waals surface area contributed by atoms with E-state index >= 15 is 0 Å². The van der Waals surface area contributed by atoms with Crippen molar-refractivity contribution >= 4 is 11.8 Å². The lowest BCUT2D eigenvalue weighted by Gasteiger charge is -2.44. The molecule has 0 bridgehead atoms. The Kier molecular flexibility index (Phi) is 4.60. The van der Waals surface area contributed by atoms with Crippen LogP contribution in [0.2, 0.25) is 0 Å². The van der Waals surface area contributed by atoms with Crippen molar-refractivity contribution in [3.05, 3.63) is 0 Å². The third-order valence-electron chi connectivity index (χ3n) is 4.18. The Hall–Kier alpha value is 0.310. The highest BCUT2D eigenvalue weighted by atomic mass is 32.2. The van der Waals surface area contributed by atoms with E-state index in [9.17, 15) is 0 Å². The molecule has 1 unspecified atom stereocenters. The summed E-state index contributed by atoms with van der Waals surface area (Å²) in [6.07, 6.45) is 8.66. The predicted octanol–water partition coefficient (Wildman–Crippen LogP) is 3.69. The van der Waals surface area contributed by atoms with Gasteiger partial charge in [-0.2, -0.15) is 11.8 Å². The van der Waals surface area contributed by atoms with Gasteiger partial charge in [-0.1, -0.05) is 20.3 Å². The van der Waals surface area contributed by atoms with Crippen LogP contribution in [-0.2, 0) is 0 Å². The molecule has 1 atom stereocenters. The van der Waals surface area contributed by atoms with Crippen LogP contribution in [0.3, 0.4) is 0 Å². The van der Waals surface area contributed by atoms with Crippen molar-refractivity contribution < 1.29 is 0 Å². The number of rotatable bonds is 5. The van der Waals surface area contributed by atoms with Gasteiger partial charge in [0.2, 0.25) is 0 Å². The van der Waals surface area contributed by atoms with Crippen LogP contribution < -0.4 is 5.32 Å². The van der Waals surface area contributed by atoms with E-state index in [0.717, 1.165) is 12.0 Å². The molecule has 2 fully saturated rings. The third-order valence-corrected chi connectivity index (χ3v) is 5.40. The van der Waals surface area contributed by atoms with Crippen LogP contribution in [0.5, 0.6) is 0 Å². The van der Waals surface area contributed by atoms with Gasteiger partial charge >= 0.3 is 0 Å². The van der Waals surface area contributed by atoms with Crippen molar-refractivity contribution in [2.45, 2.75) is 58.4 Å². The second kappa shape index (κ2) is 5.77. The van der Waals surface area contributed by atoms with Gasteiger partial charge in [-0.05, 0) is 49.2 Å². The quantitative estimate of drug-likeness (QED) is 0.788. The maximum absolute atomic E-state index is 3.85. The minimum absolute atomic E-state index is 0.677. The number of thioether (sulfide) groups is 1. The molecule has 2 heteroatoms. The van der Waals surface area contributed by atoms with Crippen LogP contribution in [0.4, 0.5) is 0 Å². The molecule has 0 amide bonds.